The van der Waals surface area contributed by atoms with E-state index < -0.39 is 6.04 Å². The lowest BCUT2D eigenvalue weighted by Gasteiger charge is -2.23. The molecule has 0 fully saturated rings. The van der Waals surface area contributed by atoms with Crippen LogP contribution in [0, 0.1) is 0 Å². The molecule has 1 N–H and O–H groups in total. The van der Waals surface area contributed by atoms with E-state index in [-0.39, 0.29) is 11.8 Å². The molecule has 0 aromatic heterocycles. The molecule has 0 saturated heterocycles. The quantitative estimate of drug-likeness (QED) is 0.918. The Morgan fingerprint density at radius 1 is 1.21 bits per heavy atom. The lowest BCUT2D eigenvalue weighted by molar-refractivity contribution is -0.125. The van der Waals surface area contributed by atoms with Gasteiger partial charge in [-0.05, 0) is 24.6 Å². The van der Waals surface area contributed by atoms with Crippen molar-refractivity contribution in [2.45, 2.75) is 26.1 Å². The molecule has 24 heavy (non-hydrogen) atoms. The summed E-state index contributed by atoms with van der Waals surface area (Å²) in [6.45, 7) is 2.59. The van der Waals surface area contributed by atoms with Crippen LogP contribution in [0.4, 0.5) is 0 Å². The molecule has 0 aliphatic carbocycles. The highest BCUT2D eigenvalue weighted by Crippen LogP contribution is 2.24. The zero-order chi connectivity index (χ0) is 17.1. The number of para-hydroxylation sites is 1. The summed E-state index contributed by atoms with van der Waals surface area (Å²) >= 11 is 0. The van der Waals surface area contributed by atoms with Crippen molar-refractivity contribution >= 4 is 11.8 Å². The summed E-state index contributed by atoms with van der Waals surface area (Å²) < 4.78 is 5.28. The summed E-state index contributed by atoms with van der Waals surface area (Å²) in [6, 6.07) is 14.5. The van der Waals surface area contributed by atoms with E-state index in [0.29, 0.717) is 18.7 Å². The highest BCUT2D eigenvalue weighted by Gasteiger charge is 2.33. The molecule has 5 heteroatoms. The fraction of sp³-hybridized carbons (Fsp3) is 0.263. The van der Waals surface area contributed by atoms with Gasteiger partial charge in [0.2, 0.25) is 5.91 Å². The molecule has 1 atom stereocenters. The predicted octanol–water partition coefficient (Wildman–Crippen LogP) is 2.36. The summed E-state index contributed by atoms with van der Waals surface area (Å²) in [5.74, 6) is 0.461. The van der Waals surface area contributed by atoms with Crippen molar-refractivity contribution in [3.8, 4) is 5.75 Å². The topological polar surface area (TPSA) is 58.6 Å². The number of benzene rings is 2. The van der Waals surface area contributed by atoms with Gasteiger partial charge in [-0.3, -0.25) is 9.59 Å². The Labute approximate surface area is 141 Å². The molecule has 2 amide bonds. The van der Waals surface area contributed by atoms with Crippen molar-refractivity contribution < 1.29 is 14.3 Å². The van der Waals surface area contributed by atoms with E-state index in [4.69, 9.17) is 4.74 Å². The first-order valence-corrected chi connectivity index (χ1v) is 7.90. The first kappa shape index (κ1) is 16.1. The van der Waals surface area contributed by atoms with Gasteiger partial charge in [0, 0.05) is 24.2 Å². The molecule has 3 rings (SSSR count). The van der Waals surface area contributed by atoms with Crippen molar-refractivity contribution in [3.05, 3.63) is 65.2 Å². The Hall–Kier alpha value is -2.82. The maximum absolute atomic E-state index is 12.5. The molecule has 0 saturated carbocycles. The molecule has 0 spiro atoms. The fourth-order valence-corrected chi connectivity index (χ4v) is 2.91. The van der Waals surface area contributed by atoms with E-state index in [1.165, 1.54) is 0 Å². The summed E-state index contributed by atoms with van der Waals surface area (Å²) in [7, 11) is 1.60. The van der Waals surface area contributed by atoms with E-state index in [2.05, 4.69) is 5.32 Å². The zero-order valence-corrected chi connectivity index (χ0v) is 13.8. The lowest BCUT2D eigenvalue weighted by Crippen LogP contribution is -2.45. The van der Waals surface area contributed by atoms with Crippen LogP contribution in [0.2, 0.25) is 0 Å². The van der Waals surface area contributed by atoms with E-state index in [1.54, 1.807) is 25.0 Å². The molecule has 0 radical (unpaired) electrons. The first-order valence-electron chi connectivity index (χ1n) is 7.90. The largest absolute Gasteiger partial charge is 0.496 e. The standard InChI is InChI=1S/C19H20N2O3/c1-13(21-12-15-8-3-5-9-16(15)19(21)23)18(22)20-11-14-7-4-6-10-17(14)24-2/h3-10,13H,11-12H2,1-2H3,(H,20,22). The van der Waals surface area contributed by atoms with Crippen LogP contribution in [0.3, 0.4) is 0 Å². The van der Waals surface area contributed by atoms with Crippen LogP contribution >= 0.6 is 0 Å². The minimum atomic E-state index is -0.528. The molecule has 124 valence electrons. The van der Waals surface area contributed by atoms with Crippen molar-refractivity contribution in [2.24, 2.45) is 0 Å². The lowest BCUT2D eigenvalue weighted by atomic mass is 10.1. The van der Waals surface area contributed by atoms with Gasteiger partial charge in [-0.15, -0.1) is 0 Å². The van der Waals surface area contributed by atoms with Crippen LogP contribution in [0.15, 0.2) is 48.5 Å². The average molecular weight is 324 g/mol. The second-order valence-electron chi connectivity index (χ2n) is 5.80. The molecule has 0 bridgehead atoms. The maximum atomic E-state index is 12.5. The number of ether oxygens (including phenoxy) is 1. The van der Waals surface area contributed by atoms with E-state index in [9.17, 15) is 9.59 Å². The molecular weight excluding hydrogens is 304 g/mol. The SMILES string of the molecule is COc1ccccc1CNC(=O)C(C)N1Cc2ccccc2C1=O. The van der Waals surface area contributed by atoms with Crippen LogP contribution < -0.4 is 10.1 Å². The minimum absolute atomic E-state index is 0.0921. The van der Waals surface area contributed by atoms with Gasteiger partial charge < -0.3 is 15.0 Å². The van der Waals surface area contributed by atoms with Crippen LogP contribution in [-0.2, 0) is 17.9 Å². The Morgan fingerprint density at radius 2 is 1.92 bits per heavy atom. The van der Waals surface area contributed by atoms with Gasteiger partial charge in [-0.2, -0.15) is 0 Å². The third-order valence-corrected chi connectivity index (χ3v) is 4.34. The van der Waals surface area contributed by atoms with Crippen molar-refractivity contribution in [1.82, 2.24) is 10.2 Å². The van der Waals surface area contributed by atoms with E-state index in [0.717, 1.165) is 16.9 Å². The Morgan fingerprint density at radius 3 is 2.67 bits per heavy atom. The van der Waals surface area contributed by atoms with Gasteiger partial charge in [-0.25, -0.2) is 0 Å². The second kappa shape index (κ2) is 6.74. The number of hydrogen-bond donors (Lipinski definition) is 1. The van der Waals surface area contributed by atoms with Crippen LogP contribution in [0.1, 0.15) is 28.4 Å². The van der Waals surface area contributed by atoms with Gasteiger partial charge in [0.15, 0.2) is 0 Å². The van der Waals surface area contributed by atoms with E-state index >= 15 is 0 Å². The van der Waals surface area contributed by atoms with Crippen molar-refractivity contribution in [1.29, 1.82) is 0 Å². The molecule has 2 aromatic rings. The highest BCUT2D eigenvalue weighted by molar-refractivity contribution is 6.01. The third kappa shape index (κ3) is 2.97. The monoisotopic (exact) mass is 324 g/mol. The van der Waals surface area contributed by atoms with Crippen LogP contribution in [-0.4, -0.2) is 29.9 Å². The summed E-state index contributed by atoms with van der Waals surface area (Å²) in [5.41, 5.74) is 2.55. The average Bonchev–Trinajstić information content (AvgIpc) is 2.96. The van der Waals surface area contributed by atoms with Gasteiger partial charge in [0.1, 0.15) is 11.8 Å². The summed E-state index contributed by atoms with van der Waals surface area (Å²) in [5, 5.41) is 2.88. The number of methoxy groups -OCH3 is 1. The highest BCUT2D eigenvalue weighted by atomic mass is 16.5. The maximum Gasteiger partial charge on any atom is 0.255 e. The molecule has 1 heterocycles. The molecule has 1 aliphatic rings. The number of fused-ring (bicyclic) bond motifs is 1. The summed E-state index contributed by atoms with van der Waals surface area (Å²) in [4.78, 5) is 26.5. The Bertz CT molecular complexity index is 773. The molecule has 2 aromatic carbocycles. The molecule has 5 nitrogen and oxygen atoms in total. The van der Waals surface area contributed by atoms with Gasteiger partial charge in [-0.1, -0.05) is 36.4 Å². The number of amides is 2. The fourth-order valence-electron chi connectivity index (χ4n) is 2.91. The van der Waals surface area contributed by atoms with Gasteiger partial charge in [0.25, 0.3) is 5.91 Å². The third-order valence-electron chi connectivity index (χ3n) is 4.34. The first-order chi connectivity index (χ1) is 11.6. The molecule has 1 aliphatic heterocycles. The molecule has 1 unspecified atom stereocenters. The smallest absolute Gasteiger partial charge is 0.255 e. The summed E-state index contributed by atoms with van der Waals surface area (Å²) in [6.07, 6.45) is 0. The Kier molecular flexibility index (Phi) is 4.51. The number of nitrogens with zero attached hydrogens (tertiary/aromatic N) is 1. The normalized spacial score (nSPS) is 14.2. The second-order valence-corrected chi connectivity index (χ2v) is 5.80. The van der Waals surface area contributed by atoms with Gasteiger partial charge in [0.05, 0.1) is 7.11 Å². The minimum Gasteiger partial charge on any atom is -0.496 e. The number of carbonyl (C=O) groups is 2. The number of carbonyl (C=O) groups excluding carboxylic acids is 2. The number of nitrogens with one attached hydrogen (secondary N) is 1. The van der Waals surface area contributed by atoms with Crippen molar-refractivity contribution in [3.63, 3.8) is 0 Å². The number of rotatable bonds is 5. The Balaban J connectivity index is 1.65. The molecular formula is C19H20N2O3. The zero-order valence-electron chi connectivity index (χ0n) is 13.8. The predicted molar refractivity (Wildman–Crippen MR) is 90.6 cm³/mol. The van der Waals surface area contributed by atoms with Crippen LogP contribution in [0.25, 0.3) is 0 Å². The van der Waals surface area contributed by atoms with Crippen LogP contribution in [0.5, 0.6) is 5.75 Å². The van der Waals surface area contributed by atoms with Crippen molar-refractivity contribution in [2.75, 3.05) is 7.11 Å². The van der Waals surface area contributed by atoms with E-state index in [1.807, 2.05) is 42.5 Å². The van der Waals surface area contributed by atoms with Gasteiger partial charge >= 0.3 is 0 Å². The number of hydrogen-bond acceptors (Lipinski definition) is 3.